The van der Waals surface area contributed by atoms with Crippen LogP contribution in [0.3, 0.4) is 0 Å². The maximum absolute atomic E-state index is 9.46. The van der Waals surface area contributed by atoms with E-state index in [0.29, 0.717) is 0 Å². The first-order valence-electron chi connectivity index (χ1n) is 8.87. The van der Waals surface area contributed by atoms with Gasteiger partial charge in [-0.2, -0.15) is 31.6 Å². The summed E-state index contributed by atoms with van der Waals surface area (Å²) >= 11 is 0. The average molecular weight is 404 g/mol. The van der Waals surface area contributed by atoms with Gasteiger partial charge in [-0.3, -0.25) is 20.3 Å². The second-order valence-corrected chi connectivity index (χ2v) is 6.68. The highest BCUT2D eigenvalue weighted by atomic mass is 15.2. The number of aromatic nitrogens is 2. The molecule has 144 valence electrons. The molecule has 3 heterocycles. The third-order valence-corrected chi connectivity index (χ3v) is 5.10. The molecule has 3 aliphatic rings. The molecule has 1 aromatic rings. The Labute approximate surface area is 175 Å². The van der Waals surface area contributed by atoms with Crippen LogP contribution in [0.2, 0.25) is 0 Å². The number of fused-ring (bicyclic) bond motifs is 6. The lowest BCUT2D eigenvalue weighted by Gasteiger charge is -2.42. The molecule has 0 spiro atoms. The van der Waals surface area contributed by atoms with E-state index in [4.69, 9.17) is 5.26 Å². The molecule has 1 aliphatic carbocycles. The van der Waals surface area contributed by atoms with Crippen molar-refractivity contribution in [3.63, 3.8) is 0 Å². The van der Waals surface area contributed by atoms with E-state index in [9.17, 15) is 26.3 Å². The fourth-order valence-electron chi connectivity index (χ4n) is 3.82. The normalized spacial score (nSPS) is 27.4. The van der Waals surface area contributed by atoms with E-state index >= 15 is 0 Å². The highest BCUT2D eigenvalue weighted by Gasteiger charge is 2.50. The van der Waals surface area contributed by atoms with Gasteiger partial charge in [0, 0.05) is 0 Å². The van der Waals surface area contributed by atoms with Gasteiger partial charge in [-0.15, -0.1) is 0 Å². The van der Waals surface area contributed by atoms with Crippen LogP contribution >= 0.6 is 0 Å². The number of rotatable bonds is 1. The lowest BCUT2D eigenvalue weighted by Crippen LogP contribution is -2.58. The predicted octanol–water partition coefficient (Wildman–Crippen LogP) is -0.350. The molecule has 5 atom stereocenters. The minimum Gasteiger partial charge on any atom is -0.289 e. The van der Waals surface area contributed by atoms with Crippen LogP contribution in [-0.4, -0.2) is 45.2 Å². The van der Waals surface area contributed by atoms with Gasteiger partial charge in [-0.05, 0) is 0 Å². The number of hydrogen-bond donors (Lipinski definition) is 1. The Morgan fingerprint density at radius 1 is 0.774 bits per heavy atom. The standard InChI is InChI=1S/C19H8N12/c20-2-1-8-9(3-21)27-15-14(26-8)16-18(30-11(5-23)10(4-22)28-16)19-17(15)29-12(6-24)13(7-25)31-19/h11,16-19,30H,1H2. The van der Waals surface area contributed by atoms with Crippen molar-refractivity contribution >= 4 is 17.1 Å². The van der Waals surface area contributed by atoms with E-state index in [2.05, 4.69) is 30.3 Å². The van der Waals surface area contributed by atoms with Gasteiger partial charge in [0.1, 0.15) is 48.1 Å². The van der Waals surface area contributed by atoms with Gasteiger partial charge in [0.25, 0.3) is 0 Å². The molecule has 5 unspecified atom stereocenters. The Morgan fingerprint density at radius 2 is 1.48 bits per heavy atom. The molecule has 0 fully saturated rings. The first-order chi connectivity index (χ1) is 15.1. The Morgan fingerprint density at radius 3 is 2.10 bits per heavy atom. The summed E-state index contributed by atoms with van der Waals surface area (Å²) in [6.45, 7) is 0. The third-order valence-electron chi connectivity index (χ3n) is 5.10. The summed E-state index contributed by atoms with van der Waals surface area (Å²) in [5.41, 5.74) is 0.208. The summed E-state index contributed by atoms with van der Waals surface area (Å²) in [5, 5.41) is 59.1. The highest BCUT2D eigenvalue weighted by Crippen LogP contribution is 2.43. The van der Waals surface area contributed by atoms with E-state index in [-0.39, 0.29) is 46.3 Å². The van der Waals surface area contributed by atoms with Gasteiger partial charge in [0.2, 0.25) is 0 Å². The molecule has 2 aliphatic heterocycles. The molecular formula is C19H8N12. The summed E-state index contributed by atoms with van der Waals surface area (Å²) < 4.78 is 0. The van der Waals surface area contributed by atoms with Crippen LogP contribution in [-0.2, 0) is 6.42 Å². The van der Waals surface area contributed by atoms with Crippen LogP contribution < -0.4 is 5.32 Å². The van der Waals surface area contributed by atoms with Gasteiger partial charge in [0.05, 0.1) is 47.7 Å². The average Bonchev–Trinajstić information content (AvgIpc) is 2.82. The first-order valence-corrected chi connectivity index (χ1v) is 8.87. The van der Waals surface area contributed by atoms with Crippen molar-refractivity contribution in [2.75, 3.05) is 0 Å². The molecule has 0 saturated carbocycles. The largest absolute Gasteiger partial charge is 0.289 e. The molecule has 31 heavy (non-hydrogen) atoms. The minimum atomic E-state index is -1.000. The van der Waals surface area contributed by atoms with E-state index in [0.717, 1.165) is 0 Å². The van der Waals surface area contributed by atoms with Crippen LogP contribution in [0, 0.1) is 68.0 Å². The zero-order chi connectivity index (χ0) is 22.1. The van der Waals surface area contributed by atoms with Crippen molar-refractivity contribution in [1.29, 1.82) is 31.6 Å². The SMILES string of the molecule is N#CCc1nc2c(nc1C#N)C1N=C(C#N)C(C#N)=NC1C1NC(C#N)C(C#N)=NC21. The second kappa shape index (κ2) is 7.43. The number of hydrogen-bond acceptors (Lipinski definition) is 12. The Bertz CT molecular complexity index is 1340. The van der Waals surface area contributed by atoms with E-state index in [1.807, 2.05) is 36.4 Å². The van der Waals surface area contributed by atoms with Crippen LogP contribution in [0.4, 0.5) is 0 Å². The fourth-order valence-corrected chi connectivity index (χ4v) is 3.82. The van der Waals surface area contributed by atoms with Crippen LogP contribution in [0.5, 0.6) is 0 Å². The van der Waals surface area contributed by atoms with Crippen molar-refractivity contribution in [1.82, 2.24) is 15.3 Å². The van der Waals surface area contributed by atoms with Gasteiger partial charge in [0.15, 0.2) is 17.1 Å². The zero-order valence-electron chi connectivity index (χ0n) is 15.5. The van der Waals surface area contributed by atoms with Crippen LogP contribution in [0.25, 0.3) is 0 Å². The molecule has 12 nitrogen and oxygen atoms in total. The van der Waals surface area contributed by atoms with Crippen molar-refractivity contribution < 1.29 is 0 Å². The molecule has 0 saturated heterocycles. The zero-order valence-corrected chi connectivity index (χ0v) is 15.5. The van der Waals surface area contributed by atoms with Crippen LogP contribution in [0.15, 0.2) is 15.0 Å². The van der Waals surface area contributed by atoms with Crippen molar-refractivity contribution in [3.05, 3.63) is 22.8 Å². The topological polar surface area (TPSA) is 218 Å². The third kappa shape index (κ3) is 2.86. The maximum Gasteiger partial charge on any atom is 0.172 e. The molecule has 0 aromatic carbocycles. The molecule has 0 radical (unpaired) electrons. The van der Waals surface area contributed by atoms with Gasteiger partial charge in [-0.25, -0.2) is 9.97 Å². The van der Waals surface area contributed by atoms with Gasteiger partial charge in [-0.1, -0.05) is 0 Å². The first kappa shape index (κ1) is 19.3. The van der Waals surface area contributed by atoms with Crippen LogP contribution in [0.1, 0.15) is 34.9 Å². The number of nitrogens with zero attached hydrogens (tertiary/aromatic N) is 11. The molecule has 1 aromatic heterocycles. The monoisotopic (exact) mass is 404 g/mol. The smallest absolute Gasteiger partial charge is 0.172 e. The molecule has 0 bridgehead atoms. The van der Waals surface area contributed by atoms with E-state index in [1.54, 1.807) is 0 Å². The van der Waals surface area contributed by atoms with Crippen molar-refractivity contribution in [3.8, 4) is 36.4 Å². The Kier molecular flexibility index (Phi) is 4.63. The summed E-state index contributed by atoms with van der Waals surface area (Å²) in [7, 11) is 0. The van der Waals surface area contributed by atoms with Gasteiger partial charge >= 0.3 is 0 Å². The van der Waals surface area contributed by atoms with Gasteiger partial charge < -0.3 is 0 Å². The summed E-state index contributed by atoms with van der Waals surface area (Å²) in [5.74, 6) is 0. The Balaban J connectivity index is 2.01. The van der Waals surface area contributed by atoms with E-state index in [1.165, 1.54) is 0 Å². The summed E-state index contributed by atoms with van der Waals surface area (Å²) in [6, 6.07) is 7.26. The Hall–Kier alpha value is -5.01. The molecule has 4 rings (SSSR count). The van der Waals surface area contributed by atoms with E-state index < -0.39 is 30.2 Å². The van der Waals surface area contributed by atoms with Crippen molar-refractivity contribution in [2.45, 2.75) is 36.6 Å². The second-order valence-electron chi connectivity index (χ2n) is 6.68. The summed E-state index contributed by atoms with van der Waals surface area (Å²) in [6.07, 6.45) is -0.166. The quantitative estimate of drug-likeness (QED) is 0.645. The number of aliphatic imine (C=N–C) groups is 3. The highest BCUT2D eigenvalue weighted by molar-refractivity contribution is 6.53. The number of nitriles is 6. The minimum absolute atomic E-state index is 0.0531. The lowest BCUT2D eigenvalue weighted by molar-refractivity contribution is 0.296. The molecular weight excluding hydrogens is 396 g/mol. The fraction of sp³-hybridized carbons (Fsp3) is 0.316. The summed E-state index contributed by atoms with van der Waals surface area (Å²) in [4.78, 5) is 21.9. The number of nitrogens with one attached hydrogen (secondary N) is 1. The van der Waals surface area contributed by atoms with Crippen molar-refractivity contribution in [2.24, 2.45) is 15.0 Å². The molecule has 1 N–H and O–H groups in total. The molecule has 12 heteroatoms. The lowest BCUT2D eigenvalue weighted by atomic mass is 9.80. The maximum atomic E-state index is 9.46. The predicted molar refractivity (Wildman–Crippen MR) is 101 cm³/mol. The molecule has 0 amide bonds.